The molecule has 0 amide bonds. The van der Waals surface area contributed by atoms with Gasteiger partial charge in [-0.05, 0) is 338 Å². The predicted octanol–water partition coefficient (Wildman–Crippen LogP) is 17.5. The SMILES string of the molecule is CCC1(OC(=O)COc2c(C)cc(COc3ccc([S+](c4ccc(OCc5cc(C)c(OCC(=O)OC6(CC)CCCC6)c(I)c5)cc4)c4ccc(OCc5cc(I)c(OCC(=O)OC6(CC)CCCC6)c(I)c5)cc4)cc3)cc2I)CCCC1. The third kappa shape index (κ3) is 17.4. The second-order valence-corrected chi connectivity index (χ2v) is 29.1. The van der Waals surface area contributed by atoms with Crippen LogP contribution in [0.15, 0.2) is 124 Å². The highest BCUT2D eigenvalue weighted by Gasteiger charge is 2.38. The fourth-order valence-electron chi connectivity index (χ4n) is 11.7. The Balaban J connectivity index is 0.856. The van der Waals surface area contributed by atoms with Crippen LogP contribution in [0, 0.1) is 28.1 Å². The van der Waals surface area contributed by atoms with Crippen LogP contribution in [0.1, 0.15) is 145 Å². The van der Waals surface area contributed by atoms with E-state index in [4.69, 9.17) is 42.6 Å². The van der Waals surface area contributed by atoms with Crippen LogP contribution in [0.3, 0.4) is 0 Å². The highest BCUT2D eigenvalue weighted by molar-refractivity contribution is 14.1. The fraction of sp³-hybridized carbons (Fsp3) is 0.426. The van der Waals surface area contributed by atoms with Gasteiger partial charge in [-0.15, -0.1) is 0 Å². The summed E-state index contributed by atoms with van der Waals surface area (Å²) in [5.41, 5.74) is 3.74. The summed E-state index contributed by atoms with van der Waals surface area (Å²) in [6, 6.07) is 37.1. The number of carbonyl (C=O) groups is 3. The Kier molecular flexibility index (Phi) is 23.3. The van der Waals surface area contributed by atoms with Gasteiger partial charge in [-0.1, -0.05) is 20.8 Å². The van der Waals surface area contributed by atoms with Crippen molar-refractivity contribution in [3.05, 3.63) is 151 Å². The lowest BCUT2D eigenvalue weighted by Crippen LogP contribution is -2.33. The number of rotatable bonds is 27. The monoisotopic (exact) mass is 1620 g/mol. The Morgan fingerprint density at radius 3 is 0.918 bits per heavy atom. The summed E-state index contributed by atoms with van der Waals surface area (Å²) in [5, 5.41) is 0. The largest absolute Gasteiger partial charge is 0.489 e. The first kappa shape index (κ1) is 65.3. The fourth-order valence-corrected chi connectivity index (χ4v) is 18.0. The van der Waals surface area contributed by atoms with Crippen LogP contribution in [0.25, 0.3) is 0 Å². The topological polar surface area (TPSA) is 134 Å². The van der Waals surface area contributed by atoms with Crippen molar-refractivity contribution in [3.63, 3.8) is 0 Å². The quantitative estimate of drug-likeness (QED) is 0.0210. The van der Waals surface area contributed by atoms with E-state index >= 15 is 0 Å². The zero-order valence-corrected chi connectivity index (χ0v) is 58.5. The van der Waals surface area contributed by atoms with Gasteiger partial charge in [0.1, 0.15) is 71.1 Å². The number of esters is 3. The molecule has 85 heavy (non-hydrogen) atoms. The van der Waals surface area contributed by atoms with E-state index in [2.05, 4.69) is 148 Å². The van der Waals surface area contributed by atoms with Gasteiger partial charge >= 0.3 is 17.9 Å². The number of benzene rings is 6. The molecule has 12 nitrogen and oxygen atoms in total. The third-order valence-corrected chi connectivity index (χ3v) is 21.9. The molecule has 6 aromatic carbocycles. The molecule has 0 heterocycles. The van der Waals surface area contributed by atoms with Crippen molar-refractivity contribution in [2.45, 2.75) is 182 Å². The summed E-state index contributed by atoms with van der Waals surface area (Å²) in [7, 11) is -0.528. The van der Waals surface area contributed by atoms with E-state index in [1.165, 1.54) is 0 Å². The maximum Gasteiger partial charge on any atom is 0.344 e. The Morgan fingerprint density at radius 1 is 0.388 bits per heavy atom. The summed E-state index contributed by atoms with van der Waals surface area (Å²) in [4.78, 5) is 41.9. The predicted molar refractivity (Wildman–Crippen MR) is 363 cm³/mol. The average Bonchev–Trinajstić information content (AvgIpc) is 4.50. The average molecular weight is 1620 g/mol. The Labute approximate surface area is 558 Å². The van der Waals surface area contributed by atoms with Gasteiger partial charge in [0.25, 0.3) is 0 Å². The van der Waals surface area contributed by atoms with Crippen LogP contribution in [-0.2, 0) is 59.3 Å². The molecule has 3 fully saturated rings. The maximum absolute atomic E-state index is 12.9. The summed E-state index contributed by atoms with van der Waals surface area (Å²) in [6.45, 7) is 10.9. The van der Waals surface area contributed by atoms with Crippen molar-refractivity contribution in [2.24, 2.45) is 0 Å². The molecule has 3 aliphatic carbocycles. The van der Waals surface area contributed by atoms with E-state index in [1.54, 1.807) is 0 Å². The minimum absolute atomic E-state index is 0.125. The number of aryl methyl sites for hydroxylation is 2. The first-order chi connectivity index (χ1) is 41.0. The molecule has 0 bridgehead atoms. The zero-order chi connectivity index (χ0) is 60.1. The van der Waals surface area contributed by atoms with E-state index in [9.17, 15) is 14.4 Å². The second kappa shape index (κ2) is 30.3. The van der Waals surface area contributed by atoms with Crippen molar-refractivity contribution < 1.29 is 57.0 Å². The molecule has 0 aliphatic heterocycles. The molecule has 0 spiro atoms. The van der Waals surface area contributed by atoms with E-state index in [-0.39, 0.29) is 54.5 Å². The summed E-state index contributed by atoms with van der Waals surface area (Å²) < 4.78 is 58.7. The Bertz CT molecular complexity index is 2850. The number of ether oxygens (including phenoxy) is 9. The van der Waals surface area contributed by atoms with Gasteiger partial charge in [0.15, 0.2) is 34.5 Å². The maximum atomic E-state index is 12.9. The molecule has 3 aliphatic rings. The second-order valence-electron chi connectivity index (χ2n) is 22.4. The van der Waals surface area contributed by atoms with Gasteiger partial charge in [-0.2, -0.15) is 0 Å². The van der Waals surface area contributed by atoms with Crippen molar-refractivity contribution in [1.82, 2.24) is 0 Å². The first-order valence-electron chi connectivity index (χ1n) is 29.5. The van der Waals surface area contributed by atoms with E-state index in [0.29, 0.717) is 37.1 Å². The van der Waals surface area contributed by atoms with E-state index < -0.39 is 10.9 Å². The van der Waals surface area contributed by atoms with Gasteiger partial charge < -0.3 is 42.6 Å². The standard InChI is InChI=1S/C68H75I4O12S/c1-6-66(27-9-10-28-66)82-60(73)42-79-63-45(4)33-47(35-56(63)69)39-76-50-15-21-53(22-16-50)85(54-23-17-51(18-24-54)77-40-48-34-46(5)64(57(70)36-48)80-43-61(74)83-67(7-2)29-11-12-30-67)55-25-19-52(20-26-55)78-41-49-37-58(71)65(59(72)38-49)81-44-62(75)84-68(8-3)31-13-14-32-68/h15-26,33-38H,6-14,27-32,39-44H2,1-5H3/q+1. The molecule has 0 aromatic heterocycles. The van der Waals surface area contributed by atoms with Gasteiger partial charge in [-0.25, -0.2) is 14.4 Å². The molecular formula is C68H75I4O12S+. The molecular weight excluding hydrogens is 1550 g/mol. The summed E-state index contributed by atoms with van der Waals surface area (Å²) in [5.74, 6) is 3.25. The molecule has 0 unspecified atom stereocenters. The number of hydrogen-bond donors (Lipinski definition) is 0. The number of hydrogen-bond acceptors (Lipinski definition) is 12. The third-order valence-electron chi connectivity index (χ3n) is 16.5. The van der Waals surface area contributed by atoms with Gasteiger partial charge in [0.2, 0.25) is 0 Å². The summed E-state index contributed by atoms with van der Waals surface area (Å²) in [6.07, 6.45) is 14.4. The molecule has 0 saturated heterocycles. The zero-order valence-electron chi connectivity index (χ0n) is 49.1. The van der Waals surface area contributed by atoms with Crippen molar-refractivity contribution in [1.29, 1.82) is 0 Å². The van der Waals surface area contributed by atoms with Crippen LogP contribution in [0.5, 0.6) is 34.5 Å². The molecule has 17 heteroatoms. The van der Waals surface area contributed by atoms with Gasteiger partial charge in [0, 0.05) is 0 Å². The highest BCUT2D eigenvalue weighted by atomic mass is 127. The Hall–Kier alpha value is -4.20. The normalized spacial score (nSPS) is 15.7. The van der Waals surface area contributed by atoms with Crippen LogP contribution in [-0.4, -0.2) is 54.5 Å². The van der Waals surface area contributed by atoms with Crippen LogP contribution >= 0.6 is 90.4 Å². The smallest absolute Gasteiger partial charge is 0.344 e. The molecule has 6 aromatic rings. The van der Waals surface area contributed by atoms with Gasteiger partial charge in [-0.3, -0.25) is 0 Å². The summed E-state index contributed by atoms with van der Waals surface area (Å²) >= 11 is 9.03. The lowest BCUT2D eigenvalue weighted by Gasteiger charge is -2.27. The number of halogens is 4. The molecule has 452 valence electrons. The highest BCUT2D eigenvalue weighted by Crippen LogP contribution is 2.41. The molecule has 3 saturated carbocycles. The van der Waals surface area contributed by atoms with Crippen molar-refractivity contribution >= 4 is 119 Å². The minimum atomic E-state index is -0.528. The van der Waals surface area contributed by atoms with Crippen LogP contribution in [0.2, 0.25) is 0 Å². The lowest BCUT2D eigenvalue weighted by atomic mass is 9.99. The molecule has 0 N–H and O–H groups in total. The first-order valence-corrected chi connectivity index (χ1v) is 35.1. The molecule has 0 radical (unpaired) electrons. The minimum Gasteiger partial charge on any atom is -0.489 e. The van der Waals surface area contributed by atoms with Crippen molar-refractivity contribution in [3.8, 4) is 34.5 Å². The molecule has 9 rings (SSSR count). The molecule has 0 atom stereocenters. The van der Waals surface area contributed by atoms with Crippen LogP contribution in [0.4, 0.5) is 0 Å². The Morgan fingerprint density at radius 2 is 0.647 bits per heavy atom. The number of carbonyl (C=O) groups excluding carboxylic acids is 3. The van der Waals surface area contributed by atoms with Gasteiger partial charge in [0.05, 0.1) is 25.2 Å². The van der Waals surface area contributed by atoms with E-state index in [0.717, 1.165) is 170 Å². The van der Waals surface area contributed by atoms with E-state index in [1.807, 2.05) is 86.6 Å². The van der Waals surface area contributed by atoms with Crippen LogP contribution < -0.4 is 28.4 Å². The lowest BCUT2D eigenvalue weighted by molar-refractivity contribution is -0.163. The van der Waals surface area contributed by atoms with Crippen molar-refractivity contribution in [2.75, 3.05) is 19.8 Å².